The summed E-state index contributed by atoms with van der Waals surface area (Å²) in [6.07, 6.45) is 1.64. The Kier molecular flexibility index (Phi) is 3.98. The second-order valence-corrected chi connectivity index (χ2v) is 4.47. The summed E-state index contributed by atoms with van der Waals surface area (Å²) in [5.74, 6) is 0.747. The minimum Gasteiger partial charge on any atom is -0.508 e. The lowest BCUT2D eigenvalue weighted by Crippen LogP contribution is -2.25. The number of aromatic hydroxyl groups is 1. The molecule has 0 aromatic heterocycles. The maximum atomic E-state index is 11.7. The van der Waals surface area contributed by atoms with Gasteiger partial charge in [0.1, 0.15) is 5.75 Å². The summed E-state index contributed by atoms with van der Waals surface area (Å²) in [6.45, 7) is 2.34. The van der Waals surface area contributed by atoms with E-state index >= 15 is 0 Å². The van der Waals surface area contributed by atoms with E-state index in [1.165, 1.54) is 0 Å². The molecule has 1 aromatic carbocycles. The zero-order valence-electron chi connectivity index (χ0n) is 9.78. The van der Waals surface area contributed by atoms with Crippen LogP contribution in [0.5, 0.6) is 5.75 Å². The summed E-state index contributed by atoms with van der Waals surface area (Å²) < 4.78 is 0. The highest BCUT2D eigenvalue weighted by Crippen LogP contribution is 2.15. The smallest absolute Gasteiger partial charge is 0.220 e. The van der Waals surface area contributed by atoms with Gasteiger partial charge in [-0.05, 0) is 31.5 Å². The van der Waals surface area contributed by atoms with Crippen LogP contribution in [0.3, 0.4) is 0 Å². The third-order valence-corrected chi connectivity index (χ3v) is 3.10. The second-order valence-electron chi connectivity index (χ2n) is 4.47. The molecule has 92 valence electrons. The largest absolute Gasteiger partial charge is 0.508 e. The third kappa shape index (κ3) is 3.46. The minimum absolute atomic E-state index is 0.0574. The average molecular weight is 234 g/mol. The fourth-order valence-electron chi connectivity index (χ4n) is 2.08. The highest BCUT2D eigenvalue weighted by atomic mass is 16.3. The van der Waals surface area contributed by atoms with Crippen molar-refractivity contribution in [3.8, 4) is 5.75 Å². The summed E-state index contributed by atoms with van der Waals surface area (Å²) in [5, 5.41) is 15.6. The Hall–Kier alpha value is -1.55. The van der Waals surface area contributed by atoms with Gasteiger partial charge in [0, 0.05) is 18.5 Å². The molecule has 1 heterocycles. The molecule has 0 radical (unpaired) electrons. The molecule has 0 spiro atoms. The summed E-state index contributed by atoms with van der Waals surface area (Å²) in [6, 6.07) is 7.06. The number of phenols is 1. The van der Waals surface area contributed by atoms with Crippen LogP contribution >= 0.6 is 0 Å². The molecule has 1 aliphatic rings. The number of carbonyl (C=O) groups is 1. The van der Waals surface area contributed by atoms with Gasteiger partial charge in [-0.1, -0.05) is 18.2 Å². The Morgan fingerprint density at radius 3 is 3.00 bits per heavy atom. The van der Waals surface area contributed by atoms with Crippen LogP contribution in [0.1, 0.15) is 18.4 Å². The van der Waals surface area contributed by atoms with Gasteiger partial charge >= 0.3 is 0 Å². The van der Waals surface area contributed by atoms with E-state index in [0.29, 0.717) is 18.9 Å². The van der Waals surface area contributed by atoms with Gasteiger partial charge in [-0.25, -0.2) is 0 Å². The van der Waals surface area contributed by atoms with E-state index in [-0.39, 0.29) is 11.7 Å². The van der Waals surface area contributed by atoms with Crippen LogP contribution in [0.15, 0.2) is 24.3 Å². The first-order valence-corrected chi connectivity index (χ1v) is 6.00. The molecule has 1 atom stereocenters. The molecule has 1 amide bonds. The van der Waals surface area contributed by atoms with Gasteiger partial charge in [0.15, 0.2) is 0 Å². The first-order valence-electron chi connectivity index (χ1n) is 6.00. The lowest BCUT2D eigenvalue weighted by molar-refractivity contribution is -0.122. The number of amides is 1. The SMILES string of the molecule is O=C(CC1CCNC1)NCc1ccccc1O. The highest BCUT2D eigenvalue weighted by molar-refractivity contribution is 5.76. The molecule has 1 saturated heterocycles. The van der Waals surface area contributed by atoms with E-state index in [1.807, 2.05) is 12.1 Å². The van der Waals surface area contributed by atoms with Crippen molar-refractivity contribution in [2.24, 2.45) is 5.92 Å². The monoisotopic (exact) mass is 234 g/mol. The van der Waals surface area contributed by atoms with Crippen LogP contribution in [0, 0.1) is 5.92 Å². The number of benzene rings is 1. The van der Waals surface area contributed by atoms with E-state index in [0.717, 1.165) is 25.1 Å². The number of rotatable bonds is 4. The van der Waals surface area contributed by atoms with Gasteiger partial charge in [-0.2, -0.15) is 0 Å². The number of nitrogens with one attached hydrogen (secondary N) is 2. The van der Waals surface area contributed by atoms with Crippen molar-refractivity contribution in [1.82, 2.24) is 10.6 Å². The van der Waals surface area contributed by atoms with Crippen LogP contribution in [0.4, 0.5) is 0 Å². The molecule has 3 N–H and O–H groups in total. The molecule has 1 fully saturated rings. The summed E-state index contributed by atoms with van der Waals surface area (Å²) >= 11 is 0. The van der Waals surface area contributed by atoms with Gasteiger partial charge < -0.3 is 15.7 Å². The third-order valence-electron chi connectivity index (χ3n) is 3.10. The summed E-state index contributed by atoms with van der Waals surface area (Å²) in [4.78, 5) is 11.7. The topological polar surface area (TPSA) is 61.4 Å². The maximum Gasteiger partial charge on any atom is 0.220 e. The van der Waals surface area contributed by atoms with E-state index in [2.05, 4.69) is 10.6 Å². The molecule has 4 heteroatoms. The van der Waals surface area contributed by atoms with E-state index in [1.54, 1.807) is 12.1 Å². The molecule has 1 aliphatic heterocycles. The number of phenolic OH excluding ortho intramolecular Hbond substituents is 1. The lowest BCUT2D eigenvalue weighted by Gasteiger charge is -2.09. The molecule has 0 aliphatic carbocycles. The van der Waals surface area contributed by atoms with E-state index in [9.17, 15) is 9.90 Å². The Morgan fingerprint density at radius 1 is 1.47 bits per heavy atom. The van der Waals surface area contributed by atoms with Crippen molar-refractivity contribution in [1.29, 1.82) is 0 Å². The summed E-state index contributed by atoms with van der Waals surface area (Å²) in [7, 11) is 0. The van der Waals surface area contributed by atoms with Crippen molar-refractivity contribution in [3.63, 3.8) is 0 Å². The number of hydrogen-bond donors (Lipinski definition) is 3. The van der Waals surface area contributed by atoms with Crippen molar-refractivity contribution in [2.75, 3.05) is 13.1 Å². The molecule has 1 unspecified atom stereocenters. The standard InChI is InChI=1S/C13H18N2O2/c16-12-4-2-1-3-11(12)9-15-13(17)7-10-5-6-14-8-10/h1-4,10,14,16H,5-9H2,(H,15,17). The summed E-state index contributed by atoms with van der Waals surface area (Å²) in [5.41, 5.74) is 0.755. The van der Waals surface area contributed by atoms with Crippen molar-refractivity contribution in [2.45, 2.75) is 19.4 Å². The molecule has 4 nitrogen and oxygen atoms in total. The van der Waals surface area contributed by atoms with Crippen LogP contribution in [0.25, 0.3) is 0 Å². The Morgan fingerprint density at radius 2 is 2.29 bits per heavy atom. The minimum atomic E-state index is 0.0574. The van der Waals surface area contributed by atoms with Crippen LogP contribution in [-0.4, -0.2) is 24.1 Å². The van der Waals surface area contributed by atoms with E-state index < -0.39 is 0 Å². The van der Waals surface area contributed by atoms with Gasteiger partial charge in [0.25, 0.3) is 0 Å². The Bertz CT molecular complexity index is 387. The predicted octanol–water partition coefficient (Wildman–Crippen LogP) is 1.01. The van der Waals surface area contributed by atoms with Crippen LogP contribution < -0.4 is 10.6 Å². The van der Waals surface area contributed by atoms with Crippen molar-refractivity contribution in [3.05, 3.63) is 29.8 Å². The van der Waals surface area contributed by atoms with Gasteiger partial charge in [0.2, 0.25) is 5.91 Å². The van der Waals surface area contributed by atoms with Crippen molar-refractivity contribution >= 4 is 5.91 Å². The first-order chi connectivity index (χ1) is 8.25. The average Bonchev–Trinajstić information content (AvgIpc) is 2.81. The number of hydrogen-bond acceptors (Lipinski definition) is 3. The number of carbonyl (C=O) groups excluding carboxylic acids is 1. The van der Waals surface area contributed by atoms with Gasteiger partial charge in [0.05, 0.1) is 0 Å². The van der Waals surface area contributed by atoms with Crippen molar-refractivity contribution < 1.29 is 9.90 Å². The zero-order valence-corrected chi connectivity index (χ0v) is 9.78. The first kappa shape index (κ1) is 11.9. The number of para-hydroxylation sites is 1. The fraction of sp³-hybridized carbons (Fsp3) is 0.462. The van der Waals surface area contributed by atoms with Crippen LogP contribution in [0.2, 0.25) is 0 Å². The molecule has 0 bridgehead atoms. The maximum absolute atomic E-state index is 11.7. The molecular weight excluding hydrogens is 216 g/mol. The zero-order chi connectivity index (χ0) is 12.1. The predicted molar refractivity (Wildman–Crippen MR) is 65.5 cm³/mol. The molecule has 0 saturated carbocycles. The Balaban J connectivity index is 1.77. The molecule has 17 heavy (non-hydrogen) atoms. The molecule has 1 aromatic rings. The second kappa shape index (κ2) is 5.68. The van der Waals surface area contributed by atoms with Crippen LogP contribution in [-0.2, 0) is 11.3 Å². The fourth-order valence-corrected chi connectivity index (χ4v) is 2.08. The lowest BCUT2D eigenvalue weighted by atomic mass is 10.0. The highest BCUT2D eigenvalue weighted by Gasteiger charge is 2.17. The van der Waals surface area contributed by atoms with E-state index in [4.69, 9.17) is 0 Å². The Labute approximate surface area is 101 Å². The van der Waals surface area contributed by atoms with Gasteiger partial charge in [-0.3, -0.25) is 4.79 Å². The van der Waals surface area contributed by atoms with Gasteiger partial charge in [-0.15, -0.1) is 0 Å². The molecule has 2 rings (SSSR count). The normalized spacial score (nSPS) is 19.2. The quantitative estimate of drug-likeness (QED) is 0.728. The molecular formula is C13H18N2O2.